The molecule has 0 bridgehead atoms. The van der Waals surface area contributed by atoms with Gasteiger partial charge in [-0.2, -0.15) is 0 Å². The average molecular weight is 402 g/mol. The second-order valence-corrected chi connectivity index (χ2v) is 7.97. The van der Waals surface area contributed by atoms with E-state index in [4.69, 9.17) is 0 Å². The van der Waals surface area contributed by atoms with E-state index >= 15 is 0 Å². The van der Waals surface area contributed by atoms with Crippen LogP contribution in [0.2, 0.25) is 0 Å². The predicted molar refractivity (Wildman–Crippen MR) is 115 cm³/mol. The normalized spacial score (nSPS) is 14.5. The van der Waals surface area contributed by atoms with Crippen molar-refractivity contribution in [2.75, 3.05) is 18.4 Å². The number of carbonyl (C=O) groups excluding carboxylic acids is 3. The van der Waals surface area contributed by atoms with Gasteiger partial charge in [-0.05, 0) is 50.3 Å². The van der Waals surface area contributed by atoms with E-state index in [2.05, 4.69) is 10.6 Å². The zero-order chi connectivity index (χ0) is 21.2. The molecule has 0 radical (unpaired) electrons. The number of anilines is 1. The third-order valence-corrected chi connectivity index (χ3v) is 5.70. The molecule has 6 heteroatoms. The number of aryl methyl sites for hydroxylation is 1. The first-order valence-electron chi connectivity index (χ1n) is 10.9. The van der Waals surface area contributed by atoms with Crippen molar-refractivity contribution in [2.24, 2.45) is 5.92 Å². The highest BCUT2D eigenvalue weighted by Crippen LogP contribution is 2.25. The number of nitrogens with one attached hydrogen (secondary N) is 2. The molecule has 0 aliphatic heterocycles. The van der Waals surface area contributed by atoms with Crippen molar-refractivity contribution in [3.63, 3.8) is 0 Å². The number of rotatable bonds is 9. The Labute approximate surface area is 174 Å². The molecule has 1 aromatic rings. The van der Waals surface area contributed by atoms with Crippen molar-refractivity contribution >= 4 is 23.4 Å². The minimum atomic E-state index is -0.283. The molecule has 1 aliphatic carbocycles. The Bertz CT molecular complexity index is 694. The molecule has 1 fully saturated rings. The molecule has 2 rings (SSSR count). The van der Waals surface area contributed by atoms with E-state index in [1.54, 1.807) is 4.90 Å². The van der Waals surface area contributed by atoms with Crippen LogP contribution >= 0.6 is 0 Å². The van der Waals surface area contributed by atoms with E-state index < -0.39 is 0 Å². The fourth-order valence-electron chi connectivity index (χ4n) is 3.97. The molecule has 1 aliphatic rings. The van der Waals surface area contributed by atoms with Crippen LogP contribution in [0.3, 0.4) is 0 Å². The lowest BCUT2D eigenvalue weighted by molar-refractivity contribution is -0.142. The minimum absolute atomic E-state index is 0.0255. The summed E-state index contributed by atoms with van der Waals surface area (Å²) in [5.74, 6) is -0.538. The van der Waals surface area contributed by atoms with Crippen LogP contribution in [0.4, 0.5) is 5.69 Å². The van der Waals surface area contributed by atoms with Gasteiger partial charge in [-0.25, -0.2) is 0 Å². The number of hydrogen-bond donors (Lipinski definition) is 2. The number of amides is 3. The average Bonchev–Trinajstić information content (AvgIpc) is 2.72. The van der Waals surface area contributed by atoms with Crippen LogP contribution in [0.25, 0.3) is 0 Å². The number of hydrogen-bond acceptors (Lipinski definition) is 3. The van der Waals surface area contributed by atoms with Gasteiger partial charge in [0.05, 0.1) is 13.1 Å². The van der Waals surface area contributed by atoms with Gasteiger partial charge in [0.1, 0.15) is 0 Å². The van der Waals surface area contributed by atoms with Gasteiger partial charge in [0, 0.05) is 17.6 Å². The molecule has 2 N–H and O–H groups in total. The van der Waals surface area contributed by atoms with Gasteiger partial charge in [0.2, 0.25) is 17.7 Å². The first-order valence-corrected chi connectivity index (χ1v) is 10.9. The smallest absolute Gasteiger partial charge is 0.243 e. The highest BCUT2D eigenvalue weighted by atomic mass is 16.2. The van der Waals surface area contributed by atoms with Crippen LogP contribution in [-0.4, -0.2) is 41.8 Å². The van der Waals surface area contributed by atoms with Gasteiger partial charge in [-0.3, -0.25) is 14.4 Å². The summed E-state index contributed by atoms with van der Waals surface area (Å²) < 4.78 is 0. The van der Waals surface area contributed by atoms with E-state index in [9.17, 15) is 14.4 Å². The standard InChI is InChI=1S/C23H35N3O3/c1-4-18(5-2)23(29)26(20-12-7-6-8-13-20)16-22(28)24-15-21(27)25-19-11-9-10-17(3)14-19/h9-11,14,18,20H,4-8,12-13,15-16H2,1-3H3,(H,24,28)(H,25,27). The molecule has 29 heavy (non-hydrogen) atoms. The second-order valence-electron chi connectivity index (χ2n) is 7.97. The van der Waals surface area contributed by atoms with Gasteiger partial charge < -0.3 is 15.5 Å². The second kappa shape index (κ2) is 11.6. The fraction of sp³-hybridized carbons (Fsp3) is 0.609. The molecule has 6 nitrogen and oxygen atoms in total. The molecule has 0 spiro atoms. The Kier molecular flexibility index (Phi) is 9.16. The van der Waals surface area contributed by atoms with E-state index in [0.29, 0.717) is 5.69 Å². The zero-order valence-electron chi connectivity index (χ0n) is 18.0. The Morgan fingerprint density at radius 1 is 1.07 bits per heavy atom. The van der Waals surface area contributed by atoms with Gasteiger partial charge in [0.25, 0.3) is 0 Å². The Balaban J connectivity index is 1.92. The van der Waals surface area contributed by atoms with Gasteiger partial charge in [-0.15, -0.1) is 0 Å². The van der Waals surface area contributed by atoms with Gasteiger partial charge >= 0.3 is 0 Å². The van der Waals surface area contributed by atoms with Crippen molar-refractivity contribution in [1.82, 2.24) is 10.2 Å². The summed E-state index contributed by atoms with van der Waals surface area (Å²) in [6.45, 7) is 5.90. The Morgan fingerprint density at radius 3 is 2.38 bits per heavy atom. The van der Waals surface area contributed by atoms with Crippen molar-refractivity contribution in [3.8, 4) is 0 Å². The van der Waals surface area contributed by atoms with E-state index in [0.717, 1.165) is 44.1 Å². The zero-order valence-corrected chi connectivity index (χ0v) is 18.0. The molecule has 0 saturated heterocycles. The van der Waals surface area contributed by atoms with Crippen LogP contribution < -0.4 is 10.6 Å². The van der Waals surface area contributed by atoms with E-state index in [1.165, 1.54) is 6.42 Å². The summed E-state index contributed by atoms with van der Waals surface area (Å²) in [4.78, 5) is 39.5. The molecule has 1 aromatic carbocycles. The molecular formula is C23H35N3O3. The van der Waals surface area contributed by atoms with Crippen molar-refractivity contribution in [3.05, 3.63) is 29.8 Å². The maximum atomic E-state index is 13.0. The quantitative estimate of drug-likeness (QED) is 0.663. The lowest BCUT2D eigenvalue weighted by Crippen LogP contribution is -2.49. The summed E-state index contributed by atoms with van der Waals surface area (Å²) in [7, 11) is 0. The van der Waals surface area contributed by atoms with Crippen molar-refractivity contribution in [2.45, 2.75) is 71.8 Å². The number of benzene rings is 1. The summed E-state index contributed by atoms with van der Waals surface area (Å²) in [6, 6.07) is 7.64. The van der Waals surface area contributed by atoms with Crippen LogP contribution in [0.1, 0.15) is 64.4 Å². The SMILES string of the molecule is CCC(CC)C(=O)N(CC(=O)NCC(=O)Nc1cccc(C)c1)C1CCCCC1. The summed E-state index contributed by atoms with van der Waals surface area (Å²) in [6.07, 6.45) is 6.84. The van der Waals surface area contributed by atoms with Crippen LogP contribution in [0.15, 0.2) is 24.3 Å². The maximum Gasteiger partial charge on any atom is 0.243 e. The molecule has 160 valence electrons. The van der Waals surface area contributed by atoms with Crippen molar-refractivity contribution < 1.29 is 14.4 Å². The molecule has 0 aromatic heterocycles. The van der Waals surface area contributed by atoms with Crippen LogP contribution in [0, 0.1) is 12.8 Å². The molecule has 0 atom stereocenters. The predicted octanol–water partition coefficient (Wildman–Crippen LogP) is 3.65. The van der Waals surface area contributed by atoms with E-state index in [1.807, 2.05) is 45.0 Å². The molecular weight excluding hydrogens is 366 g/mol. The van der Waals surface area contributed by atoms with Gasteiger partial charge in [0.15, 0.2) is 0 Å². The summed E-state index contributed by atoms with van der Waals surface area (Å²) in [5.41, 5.74) is 1.76. The third kappa shape index (κ3) is 7.18. The first-order chi connectivity index (χ1) is 13.9. The van der Waals surface area contributed by atoms with Crippen LogP contribution in [-0.2, 0) is 14.4 Å². The summed E-state index contributed by atoms with van der Waals surface area (Å²) >= 11 is 0. The maximum absolute atomic E-state index is 13.0. The molecule has 0 unspecified atom stereocenters. The van der Waals surface area contributed by atoms with Gasteiger partial charge in [-0.1, -0.05) is 45.2 Å². The summed E-state index contributed by atoms with van der Waals surface area (Å²) in [5, 5.41) is 5.45. The Hall–Kier alpha value is -2.37. The lowest BCUT2D eigenvalue weighted by atomic mass is 9.92. The van der Waals surface area contributed by atoms with Crippen LogP contribution in [0.5, 0.6) is 0 Å². The number of nitrogens with zero attached hydrogens (tertiary/aromatic N) is 1. The highest BCUT2D eigenvalue weighted by molar-refractivity contribution is 5.95. The third-order valence-electron chi connectivity index (χ3n) is 5.70. The highest BCUT2D eigenvalue weighted by Gasteiger charge is 2.30. The lowest BCUT2D eigenvalue weighted by Gasteiger charge is -2.36. The molecule has 1 saturated carbocycles. The monoisotopic (exact) mass is 401 g/mol. The molecule has 0 heterocycles. The first kappa shape index (κ1) is 22.9. The largest absolute Gasteiger partial charge is 0.345 e. The minimum Gasteiger partial charge on any atom is -0.345 e. The topological polar surface area (TPSA) is 78.5 Å². The van der Waals surface area contributed by atoms with Crippen molar-refractivity contribution in [1.29, 1.82) is 0 Å². The molecule has 3 amide bonds. The van der Waals surface area contributed by atoms with E-state index in [-0.39, 0.29) is 42.8 Å². The Morgan fingerprint density at radius 2 is 1.76 bits per heavy atom. The number of carbonyl (C=O) groups is 3. The fourth-order valence-corrected chi connectivity index (χ4v) is 3.97.